The van der Waals surface area contributed by atoms with E-state index in [0.29, 0.717) is 12.0 Å². The van der Waals surface area contributed by atoms with Crippen molar-refractivity contribution in [1.82, 2.24) is 0 Å². The normalized spacial score (nSPS) is 22.7. The molecule has 1 unspecified atom stereocenters. The molecule has 43 heavy (non-hydrogen) atoms. The average molecular weight is 607 g/mol. The summed E-state index contributed by atoms with van der Waals surface area (Å²) in [6.07, 6.45) is 30.7. The van der Waals surface area contributed by atoms with Crippen LogP contribution >= 0.6 is 0 Å². The van der Waals surface area contributed by atoms with Gasteiger partial charge in [-0.15, -0.1) is 0 Å². The van der Waals surface area contributed by atoms with Crippen LogP contribution in [0.15, 0.2) is 23.8 Å². The number of carbonyl (C=O) groups excluding carboxylic acids is 1. The van der Waals surface area contributed by atoms with Crippen molar-refractivity contribution in [3.63, 3.8) is 0 Å². The molecular weight excluding hydrogens is 540 g/mol. The van der Waals surface area contributed by atoms with Gasteiger partial charge in [-0.3, -0.25) is 0 Å². The Morgan fingerprint density at radius 1 is 0.721 bits per heavy atom. The number of aliphatic hydroxyl groups excluding tert-OH is 3. The predicted octanol–water partition coefficient (Wildman–Crippen LogP) is 8.65. The van der Waals surface area contributed by atoms with Crippen LogP contribution in [0.3, 0.4) is 0 Å². The summed E-state index contributed by atoms with van der Waals surface area (Å²) in [6, 6.07) is 0. The minimum atomic E-state index is -0.464. The van der Waals surface area contributed by atoms with Gasteiger partial charge in [0, 0.05) is 12.0 Å². The SMILES string of the molecule is CCCCCCCCCC/C=C\CCC(O)[C@H]1CC[C@H]([C@H](O)CCCCCCCCCC[C@@H](O)CC2=C[C@H](C)OC2=O)O1. The fourth-order valence-electron chi connectivity index (χ4n) is 6.46. The van der Waals surface area contributed by atoms with Gasteiger partial charge in [-0.05, 0) is 64.4 Å². The van der Waals surface area contributed by atoms with Crippen LogP contribution in [-0.2, 0) is 14.3 Å². The highest BCUT2D eigenvalue weighted by atomic mass is 16.5. The lowest BCUT2D eigenvalue weighted by atomic mass is 10.00. The molecule has 1 fully saturated rings. The first-order chi connectivity index (χ1) is 20.9. The Balaban J connectivity index is 1.38. The summed E-state index contributed by atoms with van der Waals surface area (Å²) in [4.78, 5) is 11.6. The second kappa shape index (κ2) is 24.1. The van der Waals surface area contributed by atoms with Crippen LogP contribution < -0.4 is 0 Å². The van der Waals surface area contributed by atoms with Gasteiger partial charge in [0.05, 0.1) is 30.5 Å². The topological polar surface area (TPSA) is 96.2 Å². The molecule has 2 heterocycles. The summed E-state index contributed by atoms with van der Waals surface area (Å²) >= 11 is 0. The van der Waals surface area contributed by atoms with E-state index in [4.69, 9.17) is 9.47 Å². The number of esters is 1. The van der Waals surface area contributed by atoms with Crippen LogP contribution in [0.5, 0.6) is 0 Å². The molecule has 0 aromatic rings. The first kappa shape index (κ1) is 38.0. The molecule has 250 valence electrons. The highest BCUT2D eigenvalue weighted by Gasteiger charge is 2.34. The molecule has 0 aliphatic carbocycles. The van der Waals surface area contributed by atoms with E-state index in [9.17, 15) is 20.1 Å². The van der Waals surface area contributed by atoms with Crippen molar-refractivity contribution in [3.05, 3.63) is 23.8 Å². The van der Waals surface area contributed by atoms with Crippen LogP contribution in [0.4, 0.5) is 0 Å². The van der Waals surface area contributed by atoms with E-state index < -0.39 is 18.3 Å². The van der Waals surface area contributed by atoms with Crippen molar-refractivity contribution < 1.29 is 29.6 Å². The number of ether oxygens (including phenoxy) is 2. The van der Waals surface area contributed by atoms with E-state index in [1.165, 1.54) is 77.0 Å². The maximum Gasteiger partial charge on any atom is 0.334 e. The summed E-state index contributed by atoms with van der Waals surface area (Å²) in [6.45, 7) is 4.10. The molecule has 6 nitrogen and oxygen atoms in total. The Hall–Kier alpha value is -1.21. The molecule has 6 atom stereocenters. The van der Waals surface area contributed by atoms with Gasteiger partial charge in [0.2, 0.25) is 0 Å². The first-order valence-electron chi connectivity index (χ1n) is 18.2. The first-order valence-corrected chi connectivity index (χ1v) is 18.2. The van der Waals surface area contributed by atoms with Crippen molar-refractivity contribution in [3.8, 4) is 0 Å². The Morgan fingerprint density at radius 2 is 1.23 bits per heavy atom. The second-order valence-electron chi connectivity index (χ2n) is 13.3. The highest BCUT2D eigenvalue weighted by Crippen LogP contribution is 2.28. The standard InChI is InChI=1S/C37H66O6/c1-3-4-5-6-7-8-9-10-11-15-18-21-24-33(39)35-26-27-36(43-35)34(40)25-22-19-16-13-12-14-17-20-23-32(38)29-31-28-30(2)42-37(31)41/h15,18,28,30,32-36,38-40H,3-14,16-17,19-27,29H2,1-2H3/b18-15-/t30-,32+,33?,34+,35+,36+/m0/s1. The van der Waals surface area contributed by atoms with E-state index in [2.05, 4.69) is 19.1 Å². The van der Waals surface area contributed by atoms with Gasteiger partial charge in [0.1, 0.15) is 6.10 Å². The summed E-state index contributed by atoms with van der Waals surface area (Å²) < 4.78 is 11.2. The van der Waals surface area contributed by atoms with Gasteiger partial charge >= 0.3 is 5.97 Å². The number of unbranched alkanes of at least 4 members (excludes halogenated alkanes) is 15. The minimum absolute atomic E-state index is 0.133. The van der Waals surface area contributed by atoms with E-state index in [1.807, 2.05) is 13.0 Å². The number of cyclic esters (lactones) is 1. The van der Waals surface area contributed by atoms with Crippen LogP contribution in [0.25, 0.3) is 0 Å². The summed E-state index contributed by atoms with van der Waals surface area (Å²) in [5.41, 5.74) is 0.615. The fraction of sp³-hybridized carbons (Fsp3) is 0.865. The van der Waals surface area contributed by atoms with E-state index in [0.717, 1.165) is 70.6 Å². The number of hydrogen-bond acceptors (Lipinski definition) is 6. The van der Waals surface area contributed by atoms with Crippen molar-refractivity contribution in [2.45, 2.75) is 205 Å². The molecule has 0 amide bonds. The maximum absolute atomic E-state index is 11.6. The number of hydrogen-bond donors (Lipinski definition) is 3. The summed E-state index contributed by atoms with van der Waals surface area (Å²) in [5, 5.41) is 31.4. The third kappa shape index (κ3) is 17.8. The molecule has 6 heteroatoms. The molecule has 2 rings (SSSR count). The Bertz CT molecular complexity index is 764. The van der Waals surface area contributed by atoms with Crippen LogP contribution in [0.2, 0.25) is 0 Å². The van der Waals surface area contributed by atoms with Gasteiger partial charge in [0.25, 0.3) is 0 Å². The van der Waals surface area contributed by atoms with Crippen LogP contribution in [0, 0.1) is 0 Å². The van der Waals surface area contributed by atoms with Gasteiger partial charge in [0.15, 0.2) is 0 Å². The lowest BCUT2D eigenvalue weighted by Crippen LogP contribution is -2.30. The smallest absolute Gasteiger partial charge is 0.334 e. The monoisotopic (exact) mass is 606 g/mol. The third-order valence-corrected chi connectivity index (χ3v) is 9.20. The van der Waals surface area contributed by atoms with Crippen molar-refractivity contribution in [2.24, 2.45) is 0 Å². The molecule has 2 aliphatic heterocycles. The zero-order chi connectivity index (χ0) is 31.1. The number of carbonyl (C=O) groups is 1. The minimum Gasteiger partial charge on any atom is -0.455 e. The van der Waals surface area contributed by atoms with E-state index >= 15 is 0 Å². The Kier molecular flexibility index (Phi) is 21.3. The fourth-order valence-corrected chi connectivity index (χ4v) is 6.46. The number of allylic oxidation sites excluding steroid dienone is 2. The zero-order valence-corrected chi connectivity index (χ0v) is 27.7. The van der Waals surface area contributed by atoms with Gasteiger partial charge in [-0.1, -0.05) is 115 Å². The van der Waals surface area contributed by atoms with Crippen molar-refractivity contribution in [1.29, 1.82) is 0 Å². The van der Waals surface area contributed by atoms with Crippen LogP contribution in [0.1, 0.15) is 168 Å². The highest BCUT2D eigenvalue weighted by molar-refractivity contribution is 5.90. The Labute approximate surface area is 263 Å². The number of rotatable bonds is 27. The van der Waals surface area contributed by atoms with Gasteiger partial charge in [-0.2, -0.15) is 0 Å². The molecule has 3 N–H and O–H groups in total. The van der Waals surface area contributed by atoms with E-state index in [-0.39, 0.29) is 24.3 Å². The zero-order valence-electron chi connectivity index (χ0n) is 27.7. The van der Waals surface area contributed by atoms with Crippen molar-refractivity contribution >= 4 is 5.97 Å². The molecule has 2 aliphatic rings. The molecule has 0 saturated carbocycles. The van der Waals surface area contributed by atoms with Crippen LogP contribution in [-0.4, -0.2) is 57.9 Å². The van der Waals surface area contributed by atoms with Gasteiger partial charge in [-0.25, -0.2) is 4.79 Å². The predicted molar refractivity (Wildman–Crippen MR) is 176 cm³/mol. The quantitative estimate of drug-likeness (QED) is 0.0492. The Morgan fingerprint density at radius 3 is 1.81 bits per heavy atom. The molecule has 0 bridgehead atoms. The number of aliphatic hydroxyl groups is 3. The van der Waals surface area contributed by atoms with Gasteiger partial charge < -0.3 is 24.8 Å². The molecule has 1 saturated heterocycles. The molecule has 0 radical (unpaired) electrons. The summed E-state index contributed by atoms with van der Waals surface area (Å²) in [7, 11) is 0. The second-order valence-corrected chi connectivity index (χ2v) is 13.3. The molecule has 0 spiro atoms. The summed E-state index contributed by atoms with van der Waals surface area (Å²) in [5.74, 6) is -0.282. The molecule has 0 aromatic heterocycles. The van der Waals surface area contributed by atoms with E-state index in [1.54, 1.807) is 0 Å². The average Bonchev–Trinajstić information content (AvgIpc) is 3.60. The maximum atomic E-state index is 11.6. The largest absolute Gasteiger partial charge is 0.455 e. The molecule has 0 aromatic carbocycles. The lowest BCUT2D eigenvalue weighted by molar-refractivity contribution is -0.139. The third-order valence-electron chi connectivity index (χ3n) is 9.20. The van der Waals surface area contributed by atoms with Crippen molar-refractivity contribution in [2.75, 3.05) is 0 Å². The molecular formula is C37H66O6. The lowest BCUT2D eigenvalue weighted by Gasteiger charge is -2.22.